The molecule has 7 heteroatoms. The van der Waals surface area contributed by atoms with Crippen LogP contribution in [0.4, 0.5) is 0 Å². The minimum absolute atomic E-state index is 0.00259. The molecule has 24 heavy (non-hydrogen) atoms. The molecule has 1 N–H and O–H groups in total. The van der Waals surface area contributed by atoms with Crippen LogP contribution in [0.25, 0.3) is 0 Å². The molecule has 2 unspecified atom stereocenters. The van der Waals surface area contributed by atoms with Crippen LogP contribution in [0.2, 0.25) is 5.02 Å². The molecule has 3 rings (SSSR count). The summed E-state index contributed by atoms with van der Waals surface area (Å²) in [7, 11) is -1.17. The maximum absolute atomic E-state index is 12.6. The third kappa shape index (κ3) is 4.25. The summed E-state index contributed by atoms with van der Waals surface area (Å²) in [5.41, 5.74) is 0.905. The van der Waals surface area contributed by atoms with Crippen molar-refractivity contribution in [3.05, 3.63) is 52.4 Å². The Morgan fingerprint density at radius 2 is 2.17 bits per heavy atom. The van der Waals surface area contributed by atoms with Crippen molar-refractivity contribution in [2.75, 3.05) is 13.1 Å². The molecular weight excluding hydrogens is 364 g/mol. The van der Waals surface area contributed by atoms with Crippen LogP contribution in [0.5, 0.6) is 0 Å². The fourth-order valence-electron chi connectivity index (χ4n) is 2.77. The second-order valence-electron chi connectivity index (χ2n) is 5.72. The molecule has 1 saturated heterocycles. The van der Waals surface area contributed by atoms with E-state index in [0.717, 1.165) is 29.2 Å². The average molecular weight is 383 g/mol. The van der Waals surface area contributed by atoms with Crippen LogP contribution in [0.3, 0.4) is 0 Å². The highest BCUT2D eigenvalue weighted by Gasteiger charge is 2.29. The highest BCUT2D eigenvalue weighted by Crippen LogP contribution is 2.24. The number of rotatable bonds is 5. The summed E-state index contributed by atoms with van der Waals surface area (Å²) in [5.74, 6) is -0.132. The summed E-state index contributed by atoms with van der Waals surface area (Å²) in [5, 5.41) is 5.53. The fourth-order valence-corrected chi connectivity index (χ4v) is 5.29. The lowest BCUT2D eigenvalue weighted by atomic mass is 9.99. The predicted octanol–water partition coefficient (Wildman–Crippen LogP) is 3.45. The number of piperidine rings is 1. The largest absolute Gasteiger partial charge is 0.352 e. The van der Waals surface area contributed by atoms with E-state index in [1.165, 1.54) is 11.3 Å². The first-order valence-corrected chi connectivity index (χ1v) is 10.2. The summed E-state index contributed by atoms with van der Waals surface area (Å²) >= 11 is 7.60. The summed E-state index contributed by atoms with van der Waals surface area (Å²) in [6, 6.07) is 11.3. The van der Waals surface area contributed by atoms with E-state index in [1.54, 1.807) is 0 Å². The van der Waals surface area contributed by atoms with E-state index in [9.17, 15) is 9.00 Å². The predicted molar refractivity (Wildman–Crippen MR) is 98.3 cm³/mol. The van der Waals surface area contributed by atoms with Crippen molar-refractivity contribution >= 4 is 39.8 Å². The number of thiophene rings is 1. The Balaban J connectivity index is 1.57. The molecule has 2 heterocycles. The molecule has 0 bridgehead atoms. The SMILES string of the molecule is O=C(NCc1ccccc1Cl)C1CCCN(S(=O)c2cccs2)C1. The van der Waals surface area contributed by atoms with Gasteiger partial charge in [0.05, 0.1) is 5.92 Å². The smallest absolute Gasteiger partial charge is 0.224 e. The van der Waals surface area contributed by atoms with Gasteiger partial charge in [0.1, 0.15) is 15.2 Å². The van der Waals surface area contributed by atoms with Crippen LogP contribution in [0, 0.1) is 5.92 Å². The number of hydrogen-bond acceptors (Lipinski definition) is 3. The Labute approximate surface area is 153 Å². The van der Waals surface area contributed by atoms with Gasteiger partial charge in [0.25, 0.3) is 0 Å². The fraction of sp³-hybridized carbons (Fsp3) is 0.353. The van der Waals surface area contributed by atoms with Crippen molar-refractivity contribution in [1.82, 2.24) is 9.62 Å². The Hall–Kier alpha value is -1.21. The average Bonchev–Trinajstić information content (AvgIpc) is 3.15. The summed E-state index contributed by atoms with van der Waals surface area (Å²) in [6.07, 6.45) is 1.70. The second kappa shape index (κ2) is 8.25. The van der Waals surface area contributed by atoms with E-state index in [1.807, 2.05) is 46.1 Å². The number of benzene rings is 1. The zero-order chi connectivity index (χ0) is 16.9. The summed E-state index contributed by atoms with van der Waals surface area (Å²) in [4.78, 5) is 12.5. The molecule has 2 atom stereocenters. The Morgan fingerprint density at radius 3 is 2.92 bits per heavy atom. The van der Waals surface area contributed by atoms with E-state index >= 15 is 0 Å². The van der Waals surface area contributed by atoms with Gasteiger partial charge < -0.3 is 5.32 Å². The molecule has 2 aromatic rings. The van der Waals surface area contributed by atoms with Crippen molar-refractivity contribution in [3.8, 4) is 0 Å². The van der Waals surface area contributed by atoms with E-state index in [2.05, 4.69) is 5.32 Å². The molecule has 4 nitrogen and oxygen atoms in total. The quantitative estimate of drug-likeness (QED) is 0.860. The van der Waals surface area contributed by atoms with Crippen LogP contribution < -0.4 is 5.32 Å². The van der Waals surface area contributed by atoms with Crippen molar-refractivity contribution in [3.63, 3.8) is 0 Å². The van der Waals surface area contributed by atoms with E-state index in [-0.39, 0.29) is 11.8 Å². The highest BCUT2D eigenvalue weighted by molar-refractivity contribution is 7.85. The molecule has 1 aromatic heterocycles. The molecule has 128 valence electrons. The number of nitrogens with zero attached hydrogens (tertiary/aromatic N) is 1. The van der Waals surface area contributed by atoms with Gasteiger partial charge >= 0.3 is 0 Å². The van der Waals surface area contributed by atoms with Gasteiger partial charge in [-0.25, -0.2) is 8.51 Å². The Bertz CT molecular complexity index is 721. The molecule has 1 amide bonds. The van der Waals surface area contributed by atoms with Gasteiger partial charge in [0.15, 0.2) is 0 Å². The van der Waals surface area contributed by atoms with Crippen LogP contribution >= 0.6 is 22.9 Å². The maximum Gasteiger partial charge on any atom is 0.224 e. The standard InChI is InChI=1S/C17H19ClN2O2S2/c18-15-7-2-1-5-13(15)11-19-17(21)14-6-3-9-20(12-14)24(22)16-8-4-10-23-16/h1-2,4-5,7-8,10,14H,3,6,9,11-12H2,(H,19,21). The molecule has 1 aliphatic heterocycles. The lowest BCUT2D eigenvalue weighted by Crippen LogP contribution is -2.43. The minimum atomic E-state index is -1.17. The zero-order valence-corrected chi connectivity index (χ0v) is 15.5. The van der Waals surface area contributed by atoms with Crippen molar-refractivity contribution < 1.29 is 9.00 Å². The number of nitrogens with one attached hydrogen (secondary N) is 1. The molecule has 0 saturated carbocycles. The molecule has 0 spiro atoms. The molecular formula is C17H19ClN2O2S2. The summed E-state index contributed by atoms with van der Waals surface area (Å²) < 4.78 is 15.3. The molecule has 0 radical (unpaired) electrons. The van der Waals surface area contributed by atoms with Gasteiger partial charge in [-0.2, -0.15) is 0 Å². The third-order valence-corrected chi connectivity index (χ3v) is 7.10. The first kappa shape index (κ1) is 17.6. The van der Waals surface area contributed by atoms with Crippen LogP contribution in [0.15, 0.2) is 46.0 Å². The number of halogens is 1. The van der Waals surface area contributed by atoms with Gasteiger partial charge in [0.2, 0.25) is 5.91 Å². The van der Waals surface area contributed by atoms with Gasteiger partial charge in [-0.1, -0.05) is 35.9 Å². The van der Waals surface area contributed by atoms with E-state index in [0.29, 0.717) is 18.1 Å². The van der Waals surface area contributed by atoms with Gasteiger partial charge in [-0.3, -0.25) is 4.79 Å². The van der Waals surface area contributed by atoms with E-state index < -0.39 is 11.0 Å². The van der Waals surface area contributed by atoms with Gasteiger partial charge in [-0.15, -0.1) is 11.3 Å². The maximum atomic E-state index is 12.6. The Kier molecular flexibility index (Phi) is 6.05. The topological polar surface area (TPSA) is 49.4 Å². The van der Waals surface area contributed by atoms with Crippen molar-refractivity contribution in [2.24, 2.45) is 5.92 Å². The molecule has 1 aliphatic rings. The molecule has 1 fully saturated rings. The summed E-state index contributed by atoms with van der Waals surface area (Å²) in [6.45, 7) is 1.71. The third-order valence-electron chi connectivity index (χ3n) is 4.07. The first-order valence-electron chi connectivity index (χ1n) is 7.86. The molecule has 1 aromatic carbocycles. The lowest BCUT2D eigenvalue weighted by Gasteiger charge is -2.30. The lowest BCUT2D eigenvalue weighted by molar-refractivity contribution is -0.126. The normalized spacial score (nSPS) is 19.8. The Morgan fingerprint density at radius 1 is 1.33 bits per heavy atom. The first-order chi connectivity index (χ1) is 11.6. The van der Waals surface area contributed by atoms with Crippen LogP contribution in [-0.4, -0.2) is 27.5 Å². The van der Waals surface area contributed by atoms with Gasteiger partial charge in [-0.05, 0) is 35.9 Å². The van der Waals surface area contributed by atoms with Crippen molar-refractivity contribution in [2.45, 2.75) is 23.6 Å². The second-order valence-corrected chi connectivity index (χ2v) is 8.79. The minimum Gasteiger partial charge on any atom is -0.352 e. The number of hydrogen-bond donors (Lipinski definition) is 1. The molecule has 0 aliphatic carbocycles. The monoisotopic (exact) mass is 382 g/mol. The van der Waals surface area contributed by atoms with Crippen LogP contribution in [0.1, 0.15) is 18.4 Å². The van der Waals surface area contributed by atoms with Crippen molar-refractivity contribution in [1.29, 1.82) is 0 Å². The number of carbonyl (C=O) groups is 1. The number of amides is 1. The highest BCUT2D eigenvalue weighted by atomic mass is 35.5. The van der Waals surface area contributed by atoms with Gasteiger partial charge in [0, 0.05) is 24.7 Å². The van der Waals surface area contributed by atoms with Crippen LogP contribution in [-0.2, 0) is 22.3 Å². The number of carbonyl (C=O) groups excluding carboxylic acids is 1. The van der Waals surface area contributed by atoms with E-state index in [4.69, 9.17) is 11.6 Å². The zero-order valence-electron chi connectivity index (χ0n) is 13.1.